The first kappa shape index (κ1) is 19.5. The lowest BCUT2D eigenvalue weighted by atomic mass is 10.0. The van der Waals surface area contributed by atoms with Gasteiger partial charge in [-0.2, -0.15) is 0 Å². The lowest BCUT2D eigenvalue weighted by Crippen LogP contribution is -2.29. The minimum Gasteiger partial charge on any atom is -0.490 e. The van der Waals surface area contributed by atoms with Crippen LogP contribution in [0.15, 0.2) is 77.4 Å². The van der Waals surface area contributed by atoms with E-state index < -0.39 is 0 Å². The molecule has 3 rings (SSSR count). The van der Waals surface area contributed by atoms with Crippen LogP contribution in [-0.4, -0.2) is 19.1 Å². The normalized spacial score (nSPS) is 11.6. The third kappa shape index (κ3) is 5.39. The largest absolute Gasteiger partial charge is 0.490 e. The molecule has 1 heterocycles. The van der Waals surface area contributed by atoms with Crippen LogP contribution in [0, 0.1) is 0 Å². The van der Waals surface area contributed by atoms with Gasteiger partial charge in [-0.15, -0.1) is 0 Å². The highest BCUT2D eigenvalue weighted by Gasteiger charge is 2.19. The van der Waals surface area contributed by atoms with Crippen molar-refractivity contribution in [2.24, 2.45) is 0 Å². The monoisotopic (exact) mass is 379 g/mol. The summed E-state index contributed by atoms with van der Waals surface area (Å²) in [5.41, 5.74) is 0.979. The zero-order valence-electron chi connectivity index (χ0n) is 16.0. The Morgan fingerprint density at radius 3 is 2.36 bits per heavy atom. The summed E-state index contributed by atoms with van der Waals surface area (Å²) < 4.78 is 16.8. The molecule has 146 valence electrons. The summed E-state index contributed by atoms with van der Waals surface area (Å²) in [6.07, 6.45) is 2.58. The minimum atomic E-state index is -0.303. The second-order valence-electron chi connectivity index (χ2n) is 6.26. The van der Waals surface area contributed by atoms with Crippen LogP contribution in [-0.2, 0) is 4.79 Å². The molecule has 1 N–H and O–H groups in total. The Kier molecular flexibility index (Phi) is 7.13. The third-order valence-corrected chi connectivity index (χ3v) is 4.22. The van der Waals surface area contributed by atoms with Gasteiger partial charge in [0.05, 0.1) is 19.5 Å². The van der Waals surface area contributed by atoms with Crippen LogP contribution < -0.4 is 14.8 Å². The first-order valence-corrected chi connectivity index (χ1v) is 9.50. The van der Waals surface area contributed by atoms with E-state index in [9.17, 15) is 4.79 Å². The second-order valence-corrected chi connectivity index (χ2v) is 6.26. The maximum atomic E-state index is 12.5. The topological polar surface area (TPSA) is 60.7 Å². The summed E-state index contributed by atoms with van der Waals surface area (Å²) in [5.74, 6) is 2.08. The fourth-order valence-corrected chi connectivity index (χ4v) is 2.91. The second kappa shape index (κ2) is 10.2. The maximum absolute atomic E-state index is 12.5. The van der Waals surface area contributed by atoms with Gasteiger partial charge < -0.3 is 19.2 Å². The van der Waals surface area contributed by atoms with Gasteiger partial charge in [0.25, 0.3) is 0 Å². The summed E-state index contributed by atoms with van der Waals surface area (Å²) in [4.78, 5) is 12.5. The first-order chi connectivity index (χ1) is 13.8. The van der Waals surface area contributed by atoms with Crippen LogP contribution in [0.4, 0.5) is 0 Å². The van der Waals surface area contributed by atoms with E-state index in [1.807, 2.05) is 73.7 Å². The van der Waals surface area contributed by atoms with Crippen LogP contribution in [0.25, 0.3) is 0 Å². The van der Waals surface area contributed by atoms with Gasteiger partial charge in [0.2, 0.25) is 5.91 Å². The predicted molar refractivity (Wildman–Crippen MR) is 107 cm³/mol. The summed E-state index contributed by atoms with van der Waals surface area (Å²) in [6, 6.07) is 20.7. The van der Waals surface area contributed by atoms with Gasteiger partial charge in [0, 0.05) is 6.42 Å². The van der Waals surface area contributed by atoms with Crippen LogP contribution >= 0.6 is 0 Å². The highest BCUT2D eigenvalue weighted by Crippen LogP contribution is 2.26. The van der Waals surface area contributed by atoms with Gasteiger partial charge in [0.15, 0.2) is 11.5 Å². The van der Waals surface area contributed by atoms with Crippen molar-refractivity contribution in [1.29, 1.82) is 0 Å². The van der Waals surface area contributed by atoms with Crippen molar-refractivity contribution in [2.75, 3.05) is 13.2 Å². The Bertz CT molecular complexity index is 846. The van der Waals surface area contributed by atoms with Gasteiger partial charge in [-0.25, -0.2) is 0 Å². The molecule has 0 aliphatic carbocycles. The average molecular weight is 379 g/mol. The number of rotatable bonds is 10. The van der Waals surface area contributed by atoms with E-state index in [0.717, 1.165) is 11.3 Å². The van der Waals surface area contributed by atoms with Gasteiger partial charge >= 0.3 is 0 Å². The van der Waals surface area contributed by atoms with Crippen molar-refractivity contribution in [2.45, 2.75) is 25.8 Å². The molecule has 0 aliphatic heterocycles. The molecule has 0 radical (unpaired) electrons. The predicted octanol–water partition coefficient (Wildman–Crippen LogP) is 4.74. The fraction of sp³-hybridized carbons (Fsp3) is 0.261. The number of carbonyl (C=O) groups is 1. The van der Waals surface area contributed by atoms with Crippen LogP contribution in [0.3, 0.4) is 0 Å². The Balaban J connectivity index is 1.52. The molecule has 2 aromatic carbocycles. The number of furan rings is 1. The van der Waals surface area contributed by atoms with Crippen molar-refractivity contribution in [1.82, 2.24) is 5.32 Å². The molecular formula is C23H25NO4. The van der Waals surface area contributed by atoms with E-state index in [0.29, 0.717) is 37.6 Å². The zero-order chi connectivity index (χ0) is 19.6. The first-order valence-electron chi connectivity index (χ1n) is 9.50. The minimum absolute atomic E-state index is 0.0491. The van der Waals surface area contributed by atoms with E-state index in [2.05, 4.69) is 5.32 Å². The van der Waals surface area contributed by atoms with Crippen LogP contribution in [0.5, 0.6) is 11.5 Å². The molecule has 5 heteroatoms. The zero-order valence-corrected chi connectivity index (χ0v) is 16.0. The number of para-hydroxylation sites is 2. The number of carbonyl (C=O) groups excluding carboxylic acids is 1. The summed E-state index contributed by atoms with van der Waals surface area (Å²) in [6.45, 7) is 2.95. The lowest BCUT2D eigenvalue weighted by Gasteiger charge is -2.17. The third-order valence-electron chi connectivity index (χ3n) is 4.22. The Morgan fingerprint density at radius 2 is 1.68 bits per heavy atom. The van der Waals surface area contributed by atoms with E-state index >= 15 is 0 Å². The van der Waals surface area contributed by atoms with Crippen molar-refractivity contribution >= 4 is 5.91 Å². The molecule has 0 saturated heterocycles. The standard InChI is InChI=1S/C23H25NO4/c1-2-26-19-12-6-7-13-20(19)27-17-9-15-22(25)24-23(21-14-8-16-28-21)18-10-4-3-5-11-18/h3-8,10-14,16,23H,2,9,15,17H2,1H3,(H,24,25)/t23-/m0/s1. The van der Waals surface area contributed by atoms with Crippen molar-refractivity contribution in [3.8, 4) is 11.5 Å². The SMILES string of the molecule is CCOc1ccccc1OCCCC(=O)N[C@@H](c1ccccc1)c1ccco1. The molecule has 0 fully saturated rings. The molecule has 0 unspecified atom stereocenters. The molecular weight excluding hydrogens is 354 g/mol. The Hall–Kier alpha value is -3.21. The number of ether oxygens (including phenoxy) is 2. The van der Waals surface area contributed by atoms with Crippen molar-refractivity contribution in [3.05, 3.63) is 84.3 Å². The molecule has 1 amide bonds. The molecule has 3 aromatic rings. The number of benzene rings is 2. The van der Waals surface area contributed by atoms with E-state index in [-0.39, 0.29) is 11.9 Å². The summed E-state index contributed by atoms with van der Waals surface area (Å²) in [5, 5.41) is 3.05. The maximum Gasteiger partial charge on any atom is 0.220 e. The van der Waals surface area contributed by atoms with Gasteiger partial charge in [0.1, 0.15) is 11.8 Å². The lowest BCUT2D eigenvalue weighted by molar-refractivity contribution is -0.121. The molecule has 0 spiro atoms. The molecule has 1 aromatic heterocycles. The number of hydrogen-bond donors (Lipinski definition) is 1. The van der Waals surface area contributed by atoms with Crippen molar-refractivity contribution < 1.29 is 18.7 Å². The van der Waals surface area contributed by atoms with Crippen LogP contribution in [0.1, 0.15) is 37.1 Å². The fourth-order valence-electron chi connectivity index (χ4n) is 2.91. The van der Waals surface area contributed by atoms with Gasteiger partial charge in [-0.05, 0) is 43.2 Å². The average Bonchev–Trinajstić information content (AvgIpc) is 3.26. The van der Waals surface area contributed by atoms with E-state index in [4.69, 9.17) is 13.9 Å². The highest BCUT2D eigenvalue weighted by atomic mass is 16.5. The molecule has 1 atom stereocenters. The smallest absolute Gasteiger partial charge is 0.220 e. The Morgan fingerprint density at radius 1 is 0.964 bits per heavy atom. The number of nitrogens with one attached hydrogen (secondary N) is 1. The highest BCUT2D eigenvalue weighted by molar-refractivity contribution is 5.76. The number of hydrogen-bond acceptors (Lipinski definition) is 4. The summed E-state index contributed by atoms with van der Waals surface area (Å²) in [7, 11) is 0. The number of amides is 1. The van der Waals surface area contributed by atoms with Gasteiger partial charge in [-0.3, -0.25) is 4.79 Å². The molecule has 5 nitrogen and oxygen atoms in total. The molecule has 0 saturated carbocycles. The molecule has 0 aliphatic rings. The quantitative estimate of drug-likeness (QED) is 0.517. The summed E-state index contributed by atoms with van der Waals surface area (Å²) >= 11 is 0. The van der Waals surface area contributed by atoms with E-state index in [1.165, 1.54) is 0 Å². The molecule has 0 bridgehead atoms. The Labute approximate surface area is 165 Å². The van der Waals surface area contributed by atoms with E-state index in [1.54, 1.807) is 6.26 Å². The van der Waals surface area contributed by atoms with Crippen molar-refractivity contribution in [3.63, 3.8) is 0 Å². The van der Waals surface area contributed by atoms with Gasteiger partial charge in [-0.1, -0.05) is 42.5 Å². The molecule has 28 heavy (non-hydrogen) atoms. The van der Waals surface area contributed by atoms with Crippen LogP contribution in [0.2, 0.25) is 0 Å².